The topological polar surface area (TPSA) is 115 Å². The molecule has 0 saturated carbocycles. The third-order valence-electron chi connectivity index (χ3n) is 6.15. The van der Waals surface area contributed by atoms with Gasteiger partial charge in [-0.1, -0.05) is 43.3 Å². The summed E-state index contributed by atoms with van der Waals surface area (Å²) in [5, 5.41) is 14.6. The van der Waals surface area contributed by atoms with Gasteiger partial charge in [0.25, 0.3) is 0 Å². The largest absolute Gasteiger partial charge is 0.478 e. The molecular weight excluding hydrogens is 575 g/mol. The molecule has 3 N–H and O–H groups in total. The van der Waals surface area contributed by atoms with Crippen molar-refractivity contribution >= 4 is 39.4 Å². The minimum atomic E-state index is -4.12. The fraction of sp³-hybridized carbons (Fsp3) is 0.154. The second-order valence-corrected chi connectivity index (χ2v) is 11.9. The highest BCUT2D eigenvalue weighted by Crippen LogP contribution is 2.38. The predicted molar refractivity (Wildman–Crippen MR) is 141 cm³/mol. The summed E-state index contributed by atoms with van der Waals surface area (Å²) in [5.74, 6) is -4.20. The van der Waals surface area contributed by atoms with Crippen molar-refractivity contribution in [2.45, 2.75) is 35.1 Å². The molecule has 0 atom stereocenters. The van der Waals surface area contributed by atoms with Gasteiger partial charge in [-0.05, 0) is 54.1 Å². The van der Waals surface area contributed by atoms with Gasteiger partial charge in [0.2, 0.25) is 10.0 Å². The van der Waals surface area contributed by atoms with E-state index in [1.54, 1.807) is 24.5 Å². The Bertz CT molecular complexity index is 1670. The number of carboxylic acids is 1. The van der Waals surface area contributed by atoms with Crippen molar-refractivity contribution in [1.82, 2.24) is 9.55 Å². The van der Waals surface area contributed by atoms with Crippen LogP contribution in [0.5, 0.6) is 0 Å². The fourth-order valence-electron chi connectivity index (χ4n) is 3.98. The number of carboxylic acid groups (broad SMARTS) is 1. The van der Waals surface area contributed by atoms with Crippen LogP contribution in [0, 0.1) is 17.5 Å². The Morgan fingerprint density at radius 3 is 2.26 bits per heavy atom. The van der Waals surface area contributed by atoms with Gasteiger partial charge in [-0.2, -0.15) is 0 Å². The molecule has 0 saturated heterocycles. The molecule has 7 nitrogen and oxygen atoms in total. The van der Waals surface area contributed by atoms with Gasteiger partial charge < -0.3 is 5.11 Å². The first-order chi connectivity index (χ1) is 18.2. The number of rotatable bonds is 8. The fourth-order valence-corrected chi connectivity index (χ4v) is 6.06. The van der Waals surface area contributed by atoms with Crippen molar-refractivity contribution in [2.24, 2.45) is 5.14 Å². The van der Waals surface area contributed by atoms with Crippen molar-refractivity contribution in [3.8, 4) is 5.69 Å². The minimum Gasteiger partial charge on any atom is -0.478 e. The Morgan fingerprint density at radius 2 is 1.69 bits per heavy atom. The zero-order valence-electron chi connectivity index (χ0n) is 20.5. The van der Waals surface area contributed by atoms with Gasteiger partial charge in [0.15, 0.2) is 5.16 Å². The van der Waals surface area contributed by atoms with Gasteiger partial charge in [-0.3, -0.25) is 4.57 Å². The van der Waals surface area contributed by atoms with Gasteiger partial charge in [-0.15, -0.1) is 0 Å². The maximum Gasteiger partial charge on any atom is 0.335 e. The molecule has 0 aliphatic heterocycles. The quantitative estimate of drug-likeness (QED) is 0.245. The van der Waals surface area contributed by atoms with Crippen LogP contribution in [-0.2, 0) is 21.2 Å². The van der Waals surface area contributed by atoms with E-state index in [-0.39, 0.29) is 21.2 Å². The predicted octanol–water partition coefficient (Wildman–Crippen LogP) is 5.91. The van der Waals surface area contributed by atoms with E-state index in [1.807, 2.05) is 0 Å². The van der Waals surface area contributed by atoms with E-state index in [1.165, 1.54) is 42.6 Å². The first-order valence-electron chi connectivity index (χ1n) is 11.2. The third-order valence-corrected chi connectivity index (χ3v) is 8.52. The van der Waals surface area contributed by atoms with Gasteiger partial charge >= 0.3 is 5.97 Å². The molecule has 0 amide bonds. The molecule has 204 valence electrons. The van der Waals surface area contributed by atoms with E-state index >= 15 is 0 Å². The van der Waals surface area contributed by atoms with Crippen LogP contribution in [0.1, 0.15) is 41.0 Å². The second kappa shape index (κ2) is 10.7. The highest BCUT2D eigenvalue weighted by Gasteiger charge is 2.31. The summed E-state index contributed by atoms with van der Waals surface area (Å²) < 4.78 is 68.7. The lowest BCUT2D eigenvalue weighted by Gasteiger charge is -2.28. The van der Waals surface area contributed by atoms with Crippen LogP contribution in [0.3, 0.4) is 0 Å². The molecular formula is C26H21ClF3N3O4S2. The van der Waals surface area contributed by atoms with Crippen LogP contribution in [0.2, 0.25) is 5.02 Å². The van der Waals surface area contributed by atoms with Gasteiger partial charge in [0.1, 0.15) is 22.3 Å². The number of nitrogens with two attached hydrogens (primary N) is 1. The third kappa shape index (κ3) is 5.83. The average Bonchev–Trinajstić information content (AvgIpc) is 3.28. The van der Waals surface area contributed by atoms with Crippen LogP contribution in [0.4, 0.5) is 13.2 Å². The Balaban J connectivity index is 1.81. The molecule has 3 aromatic carbocycles. The number of aromatic nitrogens is 2. The Morgan fingerprint density at radius 1 is 1.08 bits per heavy atom. The summed E-state index contributed by atoms with van der Waals surface area (Å²) in [6.45, 7) is 3.61. The first kappa shape index (κ1) is 28.7. The first-order valence-corrected chi connectivity index (χ1v) is 14.1. The van der Waals surface area contributed by atoms with Crippen molar-refractivity contribution in [3.05, 3.63) is 106 Å². The van der Waals surface area contributed by atoms with Crippen molar-refractivity contribution in [3.63, 3.8) is 0 Å². The molecule has 0 fully saturated rings. The molecule has 0 bridgehead atoms. The van der Waals surface area contributed by atoms with Crippen molar-refractivity contribution in [2.75, 3.05) is 0 Å². The Kier molecular flexibility index (Phi) is 7.86. The summed E-state index contributed by atoms with van der Waals surface area (Å²) in [4.78, 5) is 15.3. The second-order valence-electron chi connectivity index (χ2n) is 9.07. The number of thioether (sulfide) groups is 1. The highest BCUT2D eigenvalue weighted by atomic mass is 35.5. The van der Waals surface area contributed by atoms with Crippen LogP contribution >= 0.6 is 23.4 Å². The molecule has 39 heavy (non-hydrogen) atoms. The average molecular weight is 596 g/mol. The number of imidazole rings is 1. The molecule has 0 spiro atoms. The number of halogens is 4. The smallest absolute Gasteiger partial charge is 0.335 e. The molecule has 4 aromatic rings. The van der Waals surface area contributed by atoms with Crippen molar-refractivity contribution < 1.29 is 31.5 Å². The highest BCUT2D eigenvalue weighted by molar-refractivity contribution is 7.98. The molecule has 1 aromatic heterocycles. The van der Waals surface area contributed by atoms with Crippen LogP contribution in [-0.4, -0.2) is 29.0 Å². The van der Waals surface area contributed by atoms with E-state index < -0.39 is 44.4 Å². The number of primary sulfonamides is 1. The van der Waals surface area contributed by atoms with Crippen LogP contribution < -0.4 is 5.14 Å². The molecule has 0 radical (unpaired) electrons. The van der Waals surface area contributed by atoms with E-state index in [4.69, 9.17) is 21.8 Å². The number of nitrogens with zero attached hydrogens (tertiary/aromatic N) is 2. The molecule has 4 rings (SSSR count). The SMILES string of the molecule is CC(C)(c1ccc(Cl)c(S(N)(=O)=O)c1)c1cnc(SCc2c(F)cc(C(=O)O)cc2F)n1-c1ccc(F)cc1. The number of hydrogen-bond acceptors (Lipinski definition) is 5. The van der Waals surface area contributed by atoms with E-state index in [0.29, 0.717) is 22.1 Å². The molecule has 1 heterocycles. The monoisotopic (exact) mass is 595 g/mol. The molecule has 0 unspecified atom stereocenters. The summed E-state index contributed by atoms with van der Waals surface area (Å²) >= 11 is 7.04. The lowest BCUT2D eigenvalue weighted by atomic mass is 9.81. The van der Waals surface area contributed by atoms with Crippen LogP contribution in [0.15, 0.2) is 70.8 Å². The zero-order chi connectivity index (χ0) is 28.7. The van der Waals surface area contributed by atoms with Gasteiger partial charge in [0.05, 0.1) is 22.5 Å². The summed E-state index contributed by atoms with van der Waals surface area (Å²) in [6.07, 6.45) is 1.52. The van der Waals surface area contributed by atoms with E-state index in [9.17, 15) is 26.4 Å². The molecule has 0 aliphatic carbocycles. The minimum absolute atomic E-state index is 0.0432. The van der Waals surface area contributed by atoms with Gasteiger partial charge in [0, 0.05) is 22.4 Å². The lowest BCUT2D eigenvalue weighted by molar-refractivity contribution is 0.0695. The number of carbonyl (C=O) groups is 1. The number of hydrogen-bond donors (Lipinski definition) is 2. The maximum absolute atomic E-state index is 14.6. The van der Waals surface area contributed by atoms with Crippen molar-refractivity contribution in [1.29, 1.82) is 0 Å². The number of sulfonamides is 1. The number of benzene rings is 3. The maximum atomic E-state index is 14.6. The Labute approximate surface area is 231 Å². The molecule has 0 aliphatic rings. The standard InChI is InChI=1S/C26H21ClF3N3O4S2/c1-26(2,15-3-8-19(27)22(11-15)39(31,36)37)23-12-32-25(33(23)17-6-4-16(28)5-7-17)38-13-18-20(29)9-14(24(34)35)10-21(18)30/h3-12H,13H2,1-2H3,(H,34,35)(H2,31,36,37). The Hall–Kier alpha value is -3.32. The van der Waals surface area contributed by atoms with Crippen LogP contribution in [0.25, 0.3) is 5.69 Å². The van der Waals surface area contributed by atoms with E-state index in [2.05, 4.69) is 4.98 Å². The normalized spacial score (nSPS) is 12.1. The van der Waals surface area contributed by atoms with E-state index in [0.717, 1.165) is 23.9 Å². The van der Waals surface area contributed by atoms with Gasteiger partial charge in [-0.25, -0.2) is 36.5 Å². The zero-order valence-corrected chi connectivity index (χ0v) is 22.8. The summed E-state index contributed by atoms with van der Waals surface area (Å²) in [7, 11) is -4.12. The number of aromatic carboxylic acids is 1. The summed E-state index contributed by atoms with van der Waals surface area (Å²) in [5.41, 5.74) is -0.211. The molecule has 13 heteroatoms. The summed E-state index contributed by atoms with van der Waals surface area (Å²) in [6, 6.07) is 11.4. The lowest BCUT2D eigenvalue weighted by Crippen LogP contribution is -2.24.